The summed E-state index contributed by atoms with van der Waals surface area (Å²) in [6.45, 7) is 9.12. The summed E-state index contributed by atoms with van der Waals surface area (Å²) in [7, 11) is 0. The van der Waals surface area contributed by atoms with Gasteiger partial charge in [0.05, 0.1) is 0 Å². The third-order valence-electron chi connectivity index (χ3n) is 2.83. The van der Waals surface area contributed by atoms with Gasteiger partial charge in [-0.2, -0.15) is 0 Å². The van der Waals surface area contributed by atoms with Crippen LogP contribution in [-0.2, 0) is 0 Å². The minimum absolute atomic E-state index is 0.335. The van der Waals surface area contributed by atoms with Gasteiger partial charge in [0.2, 0.25) is 0 Å². The van der Waals surface area contributed by atoms with Crippen LogP contribution in [0.1, 0.15) is 47.0 Å². The van der Waals surface area contributed by atoms with Crippen molar-refractivity contribution in [1.29, 1.82) is 0 Å². The molecular weight excluding hydrogens is 134 g/mol. The Bertz CT molecular complexity index is 125. The van der Waals surface area contributed by atoms with Crippen molar-refractivity contribution in [3.05, 3.63) is 0 Å². The van der Waals surface area contributed by atoms with E-state index in [2.05, 4.69) is 33.0 Å². The molecule has 1 rings (SSSR count). The summed E-state index contributed by atoms with van der Waals surface area (Å²) in [6, 6.07) is 0.727. The first-order chi connectivity index (χ1) is 5.05. The fourth-order valence-corrected chi connectivity index (χ4v) is 1.43. The van der Waals surface area contributed by atoms with Crippen molar-refractivity contribution in [2.24, 2.45) is 5.92 Å². The smallest absolute Gasteiger partial charge is 0.0125 e. The molecule has 0 aliphatic heterocycles. The highest BCUT2D eigenvalue weighted by Gasteiger charge is 2.30. The third-order valence-corrected chi connectivity index (χ3v) is 2.83. The molecule has 0 aromatic heterocycles. The van der Waals surface area contributed by atoms with E-state index in [4.69, 9.17) is 0 Å². The molecule has 0 amide bonds. The third kappa shape index (κ3) is 2.82. The van der Waals surface area contributed by atoms with Crippen molar-refractivity contribution < 1.29 is 0 Å². The Morgan fingerprint density at radius 3 is 2.36 bits per heavy atom. The summed E-state index contributed by atoms with van der Waals surface area (Å²) in [5.74, 6) is 0.973. The molecular formula is C10H21N. The van der Waals surface area contributed by atoms with Gasteiger partial charge in [-0.25, -0.2) is 0 Å². The molecule has 1 aliphatic carbocycles. The zero-order valence-electron chi connectivity index (χ0n) is 8.28. The van der Waals surface area contributed by atoms with Gasteiger partial charge in [0, 0.05) is 11.6 Å². The summed E-state index contributed by atoms with van der Waals surface area (Å²) < 4.78 is 0. The van der Waals surface area contributed by atoms with E-state index >= 15 is 0 Å². The summed E-state index contributed by atoms with van der Waals surface area (Å²) >= 11 is 0. The minimum Gasteiger partial charge on any atom is -0.309 e. The van der Waals surface area contributed by atoms with E-state index in [0.717, 1.165) is 12.0 Å². The molecule has 11 heavy (non-hydrogen) atoms. The maximum Gasteiger partial charge on any atom is 0.0125 e. The Hall–Kier alpha value is -0.0400. The van der Waals surface area contributed by atoms with E-state index in [9.17, 15) is 0 Å². The molecule has 0 radical (unpaired) electrons. The lowest BCUT2D eigenvalue weighted by molar-refractivity contribution is 0.316. The number of rotatable bonds is 4. The normalized spacial score (nSPS) is 21.8. The number of hydrogen-bond donors (Lipinski definition) is 1. The van der Waals surface area contributed by atoms with Gasteiger partial charge in [-0.3, -0.25) is 0 Å². The summed E-state index contributed by atoms with van der Waals surface area (Å²) in [4.78, 5) is 0. The molecule has 1 heteroatoms. The molecule has 0 bridgehead atoms. The fraction of sp³-hybridized carbons (Fsp3) is 1.00. The number of hydrogen-bond acceptors (Lipinski definition) is 1. The van der Waals surface area contributed by atoms with Gasteiger partial charge in [0.25, 0.3) is 0 Å². The standard InChI is InChI=1S/C10H21N/c1-5-10(3,4)11-8(2)9-6-7-9/h8-9,11H,5-7H2,1-4H3. The molecule has 66 valence electrons. The van der Waals surface area contributed by atoms with Crippen molar-refractivity contribution >= 4 is 0 Å². The van der Waals surface area contributed by atoms with E-state index in [1.807, 2.05) is 0 Å². The first-order valence-corrected chi connectivity index (χ1v) is 4.83. The van der Waals surface area contributed by atoms with Gasteiger partial charge in [-0.1, -0.05) is 6.92 Å². The van der Waals surface area contributed by atoms with Crippen LogP contribution in [0.2, 0.25) is 0 Å². The molecule has 1 saturated carbocycles. The maximum absolute atomic E-state index is 3.67. The van der Waals surface area contributed by atoms with E-state index in [0.29, 0.717) is 5.54 Å². The average molecular weight is 155 g/mol. The molecule has 1 N–H and O–H groups in total. The monoisotopic (exact) mass is 155 g/mol. The molecule has 1 aliphatic rings. The van der Waals surface area contributed by atoms with E-state index in [1.54, 1.807) is 0 Å². The zero-order valence-corrected chi connectivity index (χ0v) is 8.28. The molecule has 0 aromatic carbocycles. The molecule has 0 heterocycles. The molecule has 0 aromatic rings. The van der Waals surface area contributed by atoms with Gasteiger partial charge >= 0.3 is 0 Å². The van der Waals surface area contributed by atoms with Crippen LogP contribution in [-0.4, -0.2) is 11.6 Å². The second-order valence-corrected chi connectivity index (χ2v) is 4.51. The fourth-order valence-electron chi connectivity index (χ4n) is 1.43. The molecule has 1 unspecified atom stereocenters. The molecule has 1 nitrogen and oxygen atoms in total. The SMILES string of the molecule is CCC(C)(C)NC(C)C1CC1. The highest BCUT2D eigenvalue weighted by molar-refractivity contribution is 4.88. The van der Waals surface area contributed by atoms with E-state index < -0.39 is 0 Å². The molecule has 1 atom stereocenters. The highest BCUT2D eigenvalue weighted by Crippen LogP contribution is 2.33. The Morgan fingerprint density at radius 1 is 1.45 bits per heavy atom. The van der Waals surface area contributed by atoms with Crippen LogP contribution >= 0.6 is 0 Å². The molecule has 0 saturated heterocycles. The predicted octanol–water partition coefficient (Wildman–Crippen LogP) is 2.56. The molecule has 0 spiro atoms. The Kier molecular flexibility index (Phi) is 2.58. The predicted molar refractivity (Wildman–Crippen MR) is 49.7 cm³/mol. The van der Waals surface area contributed by atoms with Crippen molar-refractivity contribution in [2.45, 2.75) is 58.5 Å². The topological polar surface area (TPSA) is 12.0 Å². The highest BCUT2D eigenvalue weighted by atomic mass is 15.0. The van der Waals surface area contributed by atoms with Gasteiger partial charge < -0.3 is 5.32 Å². The van der Waals surface area contributed by atoms with Crippen LogP contribution < -0.4 is 5.32 Å². The van der Waals surface area contributed by atoms with Gasteiger partial charge in [0.15, 0.2) is 0 Å². The Balaban J connectivity index is 2.27. The zero-order chi connectivity index (χ0) is 8.48. The minimum atomic E-state index is 0.335. The second kappa shape index (κ2) is 3.14. The summed E-state index contributed by atoms with van der Waals surface area (Å²) in [6.07, 6.45) is 4.09. The quantitative estimate of drug-likeness (QED) is 0.658. The van der Waals surface area contributed by atoms with Crippen molar-refractivity contribution in [1.82, 2.24) is 5.32 Å². The molecule has 1 fully saturated rings. The van der Waals surface area contributed by atoms with Crippen molar-refractivity contribution in [3.63, 3.8) is 0 Å². The van der Waals surface area contributed by atoms with Crippen LogP contribution in [0.25, 0.3) is 0 Å². The largest absolute Gasteiger partial charge is 0.309 e. The van der Waals surface area contributed by atoms with Crippen LogP contribution in [0.5, 0.6) is 0 Å². The van der Waals surface area contributed by atoms with E-state index in [1.165, 1.54) is 19.3 Å². The second-order valence-electron chi connectivity index (χ2n) is 4.51. The maximum atomic E-state index is 3.67. The number of nitrogens with one attached hydrogen (secondary N) is 1. The van der Waals surface area contributed by atoms with Crippen LogP contribution in [0.15, 0.2) is 0 Å². The van der Waals surface area contributed by atoms with Crippen LogP contribution in [0.4, 0.5) is 0 Å². The Labute approximate surface area is 70.6 Å². The van der Waals surface area contributed by atoms with Crippen LogP contribution in [0.3, 0.4) is 0 Å². The lowest BCUT2D eigenvalue weighted by Gasteiger charge is -2.29. The van der Waals surface area contributed by atoms with Gasteiger partial charge in [0.1, 0.15) is 0 Å². The van der Waals surface area contributed by atoms with Crippen molar-refractivity contribution in [3.8, 4) is 0 Å². The van der Waals surface area contributed by atoms with Crippen molar-refractivity contribution in [2.75, 3.05) is 0 Å². The summed E-state index contributed by atoms with van der Waals surface area (Å²) in [5, 5.41) is 3.67. The lowest BCUT2D eigenvalue weighted by Crippen LogP contribution is -2.45. The average Bonchev–Trinajstić information content (AvgIpc) is 2.67. The lowest BCUT2D eigenvalue weighted by atomic mass is 10.00. The van der Waals surface area contributed by atoms with Gasteiger partial charge in [-0.05, 0) is 46.0 Å². The summed E-state index contributed by atoms with van der Waals surface area (Å²) in [5.41, 5.74) is 0.335. The van der Waals surface area contributed by atoms with Crippen LogP contribution in [0, 0.1) is 5.92 Å². The first-order valence-electron chi connectivity index (χ1n) is 4.83. The van der Waals surface area contributed by atoms with Gasteiger partial charge in [-0.15, -0.1) is 0 Å². The first kappa shape index (κ1) is 9.05. The Morgan fingerprint density at radius 2 is 2.00 bits per heavy atom. The van der Waals surface area contributed by atoms with E-state index in [-0.39, 0.29) is 0 Å².